The van der Waals surface area contributed by atoms with Gasteiger partial charge in [-0.15, -0.1) is 0 Å². The average molecular weight is 315 g/mol. The van der Waals surface area contributed by atoms with Crippen molar-refractivity contribution < 1.29 is 4.79 Å². The maximum atomic E-state index is 12.4. The van der Waals surface area contributed by atoms with Crippen molar-refractivity contribution in [2.24, 2.45) is 7.05 Å². The van der Waals surface area contributed by atoms with E-state index in [4.69, 9.17) is 11.6 Å². The van der Waals surface area contributed by atoms with Crippen molar-refractivity contribution in [3.8, 4) is 0 Å². The number of nitrogens with zero attached hydrogens (tertiary/aromatic N) is 3. The second-order valence-electron chi connectivity index (χ2n) is 6.13. The summed E-state index contributed by atoms with van der Waals surface area (Å²) in [5.41, 5.74) is 1.09. The highest BCUT2D eigenvalue weighted by molar-refractivity contribution is 6.34. The summed E-state index contributed by atoms with van der Waals surface area (Å²) in [5.74, 6) is -0.178. The van der Waals surface area contributed by atoms with E-state index in [1.165, 1.54) is 4.68 Å². The third kappa shape index (κ3) is 4.45. The van der Waals surface area contributed by atoms with Gasteiger partial charge in [0.15, 0.2) is 0 Å². The van der Waals surface area contributed by atoms with Crippen LogP contribution in [0.1, 0.15) is 50.8 Å². The Kier molecular flexibility index (Phi) is 6.23. The van der Waals surface area contributed by atoms with E-state index in [1.807, 2.05) is 6.92 Å². The van der Waals surface area contributed by atoms with Gasteiger partial charge in [-0.25, -0.2) is 0 Å². The smallest absolute Gasteiger partial charge is 0.271 e. The van der Waals surface area contributed by atoms with Gasteiger partial charge in [-0.1, -0.05) is 11.6 Å². The van der Waals surface area contributed by atoms with Crippen LogP contribution in [0.15, 0.2) is 0 Å². The van der Waals surface area contributed by atoms with E-state index >= 15 is 0 Å². The van der Waals surface area contributed by atoms with Gasteiger partial charge in [-0.05, 0) is 41.5 Å². The predicted octanol–water partition coefficient (Wildman–Crippen LogP) is 2.62. The molecule has 1 amide bonds. The van der Waals surface area contributed by atoms with Crippen LogP contribution in [-0.2, 0) is 7.05 Å². The number of amides is 1. The van der Waals surface area contributed by atoms with Crippen LogP contribution < -0.4 is 5.32 Å². The fourth-order valence-electron chi connectivity index (χ4n) is 2.55. The second-order valence-corrected chi connectivity index (χ2v) is 6.51. The summed E-state index contributed by atoms with van der Waals surface area (Å²) in [6, 6.07) is 0.910. The van der Waals surface area contributed by atoms with Crippen LogP contribution in [0.2, 0.25) is 5.02 Å². The van der Waals surface area contributed by atoms with E-state index in [0.717, 1.165) is 6.54 Å². The lowest BCUT2D eigenvalue weighted by molar-refractivity contribution is 0.0902. The van der Waals surface area contributed by atoms with Crippen LogP contribution in [0, 0.1) is 6.92 Å². The number of hydrogen-bond donors (Lipinski definition) is 1. The summed E-state index contributed by atoms with van der Waals surface area (Å²) < 4.78 is 1.53. The van der Waals surface area contributed by atoms with E-state index in [9.17, 15) is 4.79 Å². The Morgan fingerprint density at radius 2 is 1.81 bits per heavy atom. The van der Waals surface area contributed by atoms with Crippen LogP contribution in [-0.4, -0.2) is 45.3 Å². The summed E-state index contributed by atoms with van der Waals surface area (Å²) in [4.78, 5) is 14.7. The van der Waals surface area contributed by atoms with Gasteiger partial charge in [0.25, 0.3) is 5.91 Å². The monoisotopic (exact) mass is 314 g/mol. The molecule has 0 saturated heterocycles. The molecular formula is C15H27ClN4O. The van der Waals surface area contributed by atoms with Gasteiger partial charge in [0.1, 0.15) is 5.69 Å². The molecule has 120 valence electrons. The lowest BCUT2D eigenvalue weighted by atomic mass is 10.2. The van der Waals surface area contributed by atoms with Gasteiger partial charge in [-0.3, -0.25) is 14.4 Å². The highest BCUT2D eigenvalue weighted by Crippen LogP contribution is 2.19. The molecule has 1 N–H and O–H groups in total. The molecule has 6 heteroatoms. The molecule has 0 spiro atoms. The standard InChI is InChI=1S/C15H27ClN4O/c1-9(2)20(10(3)4)8-11(5)17-15(21)14-13(16)12(6)18-19(14)7/h9-11H,8H2,1-7H3,(H,17,21)/t11-/m0/s1. The van der Waals surface area contributed by atoms with Crippen molar-refractivity contribution in [3.05, 3.63) is 16.4 Å². The summed E-state index contributed by atoms with van der Waals surface area (Å²) in [5, 5.41) is 7.60. The predicted molar refractivity (Wildman–Crippen MR) is 86.9 cm³/mol. The van der Waals surface area contributed by atoms with Crippen molar-refractivity contribution >= 4 is 17.5 Å². The van der Waals surface area contributed by atoms with Gasteiger partial charge in [-0.2, -0.15) is 5.10 Å². The molecule has 0 fully saturated rings. The van der Waals surface area contributed by atoms with Crippen LogP contribution in [0.3, 0.4) is 0 Å². The van der Waals surface area contributed by atoms with Gasteiger partial charge >= 0.3 is 0 Å². The molecule has 0 aliphatic rings. The second kappa shape index (κ2) is 7.27. The Bertz CT molecular complexity index is 488. The van der Waals surface area contributed by atoms with E-state index in [-0.39, 0.29) is 11.9 Å². The quantitative estimate of drug-likeness (QED) is 0.878. The normalized spacial score (nSPS) is 13.3. The molecule has 0 aliphatic heterocycles. The van der Waals surface area contributed by atoms with Crippen LogP contribution in [0.4, 0.5) is 0 Å². The van der Waals surface area contributed by atoms with Crippen molar-refractivity contribution in [1.29, 1.82) is 0 Å². The van der Waals surface area contributed by atoms with E-state index in [0.29, 0.717) is 28.5 Å². The molecule has 0 aliphatic carbocycles. The molecule has 0 bridgehead atoms. The molecule has 0 radical (unpaired) electrons. The molecule has 0 saturated carbocycles. The summed E-state index contributed by atoms with van der Waals surface area (Å²) in [6.45, 7) is 13.3. The number of halogens is 1. The number of aromatic nitrogens is 2. The van der Waals surface area contributed by atoms with Crippen molar-refractivity contribution in [1.82, 2.24) is 20.0 Å². The highest BCUT2D eigenvalue weighted by Gasteiger charge is 2.22. The molecular weight excluding hydrogens is 288 g/mol. The zero-order valence-electron chi connectivity index (χ0n) is 14.1. The van der Waals surface area contributed by atoms with Crippen LogP contribution >= 0.6 is 11.6 Å². The van der Waals surface area contributed by atoms with Gasteiger partial charge in [0.2, 0.25) is 0 Å². The Morgan fingerprint density at radius 1 is 1.29 bits per heavy atom. The number of nitrogens with one attached hydrogen (secondary N) is 1. The number of aryl methyl sites for hydroxylation is 2. The zero-order chi connectivity index (χ0) is 16.3. The van der Waals surface area contributed by atoms with Crippen LogP contribution in [0.25, 0.3) is 0 Å². The molecule has 5 nitrogen and oxygen atoms in total. The summed E-state index contributed by atoms with van der Waals surface area (Å²) in [6.07, 6.45) is 0. The third-order valence-electron chi connectivity index (χ3n) is 3.55. The average Bonchev–Trinajstić information content (AvgIpc) is 2.59. The molecule has 1 atom stereocenters. The Balaban J connectivity index is 2.74. The topological polar surface area (TPSA) is 50.2 Å². The van der Waals surface area contributed by atoms with E-state index < -0.39 is 0 Å². The van der Waals surface area contributed by atoms with Crippen LogP contribution in [0.5, 0.6) is 0 Å². The van der Waals surface area contributed by atoms with Gasteiger partial charge in [0.05, 0.1) is 10.7 Å². The largest absolute Gasteiger partial charge is 0.347 e. The first-order valence-electron chi connectivity index (χ1n) is 7.40. The number of carbonyl (C=O) groups excluding carboxylic acids is 1. The third-order valence-corrected chi connectivity index (χ3v) is 4.01. The zero-order valence-corrected chi connectivity index (χ0v) is 14.8. The highest BCUT2D eigenvalue weighted by atomic mass is 35.5. The van der Waals surface area contributed by atoms with E-state index in [2.05, 4.69) is 43.0 Å². The lowest BCUT2D eigenvalue weighted by Crippen LogP contribution is -2.47. The Labute approximate surface area is 132 Å². The number of hydrogen-bond acceptors (Lipinski definition) is 3. The molecule has 1 aromatic heterocycles. The fourth-order valence-corrected chi connectivity index (χ4v) is 2.80. The van der Waals surface area contributed by atoms with Gasteiger partial charge in [0, 0.05) is 31.7 Å². The minimum Gasteiger partial charge on any atom is -0.347 e. The molecule has 0 unspecified atom stereocenters. The minimum absolute atomic E-state index is 0.0357. The molecule has 21 heavy (non-hydrogen) atoms. The van der Waals surface area contributed by atoms with Crippen molar-refractivity contribution in [2.45, 2.75) is 59.7 Å². The van der Waals surface area contributed by atoms with Crippen molar-refractivity contribution in [3.63, 3.8) is 0 Å². The lowest BCUT2D eigenvalue weighted by Gasteiger charge is -2.33. The minimum atomic E-state index is -0.178. The number of rotatable bonds is 6. The number of carbonyl (C=O) groups is 1. The molecule has 1 rings (SSSR count). The Morgan fingerprint density at radius 3 is 2.19 bits per heavy atom. The SMILES string of the molecule is Cc1nn(C)c(C(=O)N[C@@H](C)CN(C(C)C)C(C)C)c1Cl. The van der Waals surface area contributed by atoms with Gasteiger partial charge < -0.3 is 5.32 Å². The first-order valence-corrected chi connectivity index (χ1v) is 7.78. The molecule has 0 aromatic carbocycles. The maximum absolute atomic E-state index is 12.4. The first-order chi connectivity index (χ1) is 9.65. The first kappa shape index (κ1) is 18.0. The Hall–Kier alpha value is -1.07. The van der Waals surface area contributed by atoms with Crippen molar-refractivity contribution in [2.75, 3.05) is 6.54 Å². The molecule has 1 aromatic rings. The summed E-state index contributed by atoms with van der Waals surface area (Å²) in [7, 11) is 1.73. The summed E-state index contributed by atoms with van der Waals surface area (Å²) >= 11 is 6.14. The van der Waals surface area contributed by atoms with E-state index in [1.54, 1.807) is 14.0 Å². The maximum Gasteiger partial charge on any atom is 0.271 e. The fraction of sp³-hybridized carbons (Fsp3) is 0.733. The molecule has 1 heterocycles.